The number of hydrogen-bond donors (Lipinski definition) is 2. The molecule has 1 aromatic heterocycles. The highest BCUT2D eigenvalue weighted by Crippen LogP contribution is 2.38. The zero-order valence-electron chi connectivity index (χ0n) is 20.5. The lowest BCUT2D eigenvalue weighted by molar-refractivity contribution is -0.142. The molecule has 0 radical (unpaired) electrons. The molecule has 1 aliphatic heterocycles. The van der Waals surface area contributed by atoms with Gasteiger partial charge in [-0.3, -0.25) is 4.79 Å². The quantitative estimate of drug-likeness (QED) is 0.363. The predicted molar refractivity (Wildman–Crippen MR) is 134 cm³/mol. The molecular weight excluding hydrogens is 530 g/mol. The molecular formula is C24H25F4N5O4S. The summed E-state index contributed by atoms with van der Waals surface area (Å²) >= 11 is 0. The van der Waals surface area contributed by atoms with E-state index < -0.39 is 40.3 Å². The number of ether oxygens (including phenoxy) is 2. The summed E-state index contributed by atoms with van der Waals surface area (Å²) in [4.78, 5) is 20.6. The summed E-state index contributed by atoms with van der Waals surface area (Å²) in [6.45, 7) is 1.81. The molecule has 3 aromatic rings. The molecule has 38 heavy (non-hydrogen) atoms. The smallest absolute Gasteiger partial charge is 0.405 e. The van der Waals surface area contributed by atoms with E-state index in [-0.39, 0.29) is 17.3 Å². The Hall–Kier alpha value is -3.68. The van der Waals surface area contributed by atoms with Crippen molar-refractivity contribution in [1.82, 2.24) is 15.3 Å². The molecule has 4 rings (SSSR count). The van der Waals surface area contributed by atoms with Crippen LogP contribution in [-0.4, -0.2) is 57.0 Å². The van der Waals surface area contributed by atoms with Crippen molar-refractivity contribution in [3.63, 3.8) is 0 Å². The highest BCUT2D eigenvalue weighted by atomic mass is 32.2. The van der Waals surface area contributed by atoms with Crippen LogP contribution in [-0.2, 0) is 14.5 Å². The highest BCUT2D eigenvalue weighted by Gasteiger charge is 2.29. The number of fused-ring (bicyclic) bond motifs is 1. The van der Waals surface area contributed by atoms with Gasteiger partial charge in [0.2, 0.25) is 0 Å². The highest BCUT2D eigenvalue weighted by molar-refractivity contribution is 7.95. The first-order chi connectivity index (χ1) is 18.0. The fraction of sp³-hybridized carbons (Fsp3) is 0.375. The van der Waals surface area contributed by atoms with E-state index in [2.05, 4.69) is 19.6 Å². The van der Waals surface area contributed by atoms with E-state index in [9.17, 15) is 26.6 Å². The molecule has 2 aromatic carbocycles. The van der Waals surface area contributed by atoms with Crippen molar-refractivity contribution in [2.45, 2.75) is 32.5 Å². The summed E-state index contributed by atoms with van der Waals surface area (Å²) in [6.07, 6.45) is -3.81. The number of aromatic nitrogens is 2. The third-order valence-corrected chi connectivity index (χ3v) is 7.91. The normalized spacial score (nSPS) is 15.3. The molecule has 1 fully saturated rings. The first kappa shape index (κ1) is 27.4. The molecule has 0 saturated carbocycles. The minimum Gasteiger partial charge on any atom is -0.493 e. The summed E-state index contributed by atoms with van der Waals surface area (Å²) < 4.78 is 79.7. The van der Waals surface area contributed by atoms with Gasteiger partial charge in [0.1, 0.15) is 36.0 Å². The van der Waals surface area contributed by atoms with Crippen LogP contribution < -0.4 is 20.1 Å². The maximum atomic E-state index is 14.0. The predicted octanol–water partition coefficient (Wildman–Crippen LogP) is 4.86. The van der Waals surface area contributed by atoms with Crippen LogP contribution in [0, 0.1) is 5.82 Å². The van der Waals surface area contributed by atoms with Gasteiger partial charge in [0.15, 0.2) is 6.10 Å². The standard InChI is InChI=1S/C24H25F4N5O4S/c1-3-36-20-11-16(33-38(35)7-4-8-38)10-18-21(20)22(31-13-30-18)32-17-6-5-15(25)9-19(17)37-14(2)23(34)29-12-24(26,27)28/h5-6,9-11,13-14H,3-4,7-8,12H2,1-2H3,(H,29,34)(H,30,31,32)/t14-/m1/s1. The van der Waals surface area contributed by atoms with Gasteiger partial charge in [-0.25, -0.2) is 18.6 Å². The van der Waals surface area contributed by atoms with Gasteiger partial charge in [-0.2, -0.15) is 17.5 Å². The molecule has 1 atom stereocenters. The monoisotopic (exact) mass is 555 g/mol. The zero-order valence-corrected chi connectivity index (χ0v) is 21.3. The topological polar surface area (TPSA) is 115 Å². The molecule has 1 amide bonds. The summed E-state index contributed by atoms with van der Waals surface area (Å²) in [5.41, 5.74) is 1.09. The van der Waals surface area contributed by atoms with E-state index in [0.717, 1.165) is 18.6 Å². The van der Waals surface area contributed by atoms with Gasteiger partial charge in [0, 0.05) is 23.6 Å². The van der Waals surface area contributed by atoms with Crippen LogP contribution in [0.15, 0.2) is 41.0 Å². The summed E-state index contributed by atoms with van der Waals surface area (Å²) in [5, 5.41) is 5.20. The number of rotatable bonds is 9. The van der Waals surface area contributed by atoms with Crippen molar-refractivity contribution in [2.75, 3.05) is 30.0 Å². The molecule has 204 valence electrons. The number of amides is 1. The Morgan fingerprint density at radius 1 is 1.18 bits per heavy atom. The molecule has 9 nitrogen and oxygen atoms in total. The maximum absolute atomic E-state index is 14.0. The number of nitrogens with one attached hydrogen (secondary N) is 2. The molecule has 2 heterocycles. The number of carbonyl (C=O) groups is 1. The van der Waals surface area contributed by atoms with Gasteiger partial charge in [-0.15, -0.1) is 0 Å². The lowest BCUT2D eigenvalue weighted by Crippen LogP contribution is -2.41. The number of halogens is 4. The Kier molecular flexibility index (Phi) is 7.90. The van der Waals surface area contributed by atoms with Crippen molar-refractivity contribution in [3.05, 3.63) is 42.5 Å². The first-order valence-electron chi connectivity index (χ1n) is 11.7. The fourth-order valence-electron chi connectivity index (χ4n) is 3.63. The van der Waals surface area contributed by atoms with Crippen LogP contribution in [0.25, 0.3) is 10.9 Å². The van der Waals surface area contributed by atoms with Crippen LogP contribution in [0.3, 0.4) is 0 Å². The fourth-order valence-corrected chi connectivity index (χ4v) is 5.09. The zero-order chi connectivity index (χ0) is 27.5. The molecule has 1 aliphatic rings. The second-order valence-corrected chi connectivity index (χ2v) is 11.0. The van der Waals surface area contributed by atoms with Crippen molar-refractivity contribution in [2.24, 2.45) is 4.36 Å². The first-order valence-corrected chi connectivity index (χ1v) is 13.5. The van der Waals surface area contributed by atoms with Crippen LogP contribution in [0.4, 0.5) is 34.8 Å². The molecule has 14 heteroatoms. The molecule has 2 N–H and O–H groups in total. The Labute approximate surface area is 216 Å². The lowest BCUT2D eigenvalue weighted by Gasteiger charge is -2.20. The maximum Gasteiger partial charge on any atom is 0.405 e. The number of hydrogen-bond acceptors (Lipinski definition) is 8. The second kappa shape index (κ2) is 11.0. The third-order valence-electron chi connectivity index (χ3n) is 5.52. The third kappa shape index (κ3) is 6.60. The Morgan fingerprint density at radius 3 is 2.61 bits per heavy atom. The van der Waals surface area contributed by atoms with E-state index in [1.54, 1.807) is 24.4 Å². The summed E-state index contributed by atoms with van der Waals surface area (Å²) in [6, 6.07) is 6.77. The van der Waals surface area contributed by atoms with Crippen molar-refractivity contribution < 1.29 is 36.0 Å². The van der Waals surface area contributed by atoms with E-state index >= 15 is 0 Å². The number of anilines is 2. The Balaban J connectivity index is 1.67. The van der Waals surface area contributed by atoms with Crippen molar-refractivity contribution in [3.8, 4) is 11.5 Å². The van der Waals surface area contributed by atoms with Gasteiger partial charge in [-0.1, -0.05) is 0 Å². The van der Waals surface area contributed by atoms with Crippen LogP contribution >= 0.6 is 0 Å². The Morgan fingerprint density at radius 2 is 1.95 bits per heavy atom. The van der Waals surface area contributed by atoms with Gasteiger partial charge < -0.3 is 20.1 Å². The van der Waals surface area contributed by atoms with Crippen LogP contribution in [0.1, 0.15) is 20.3 Å². The summed E-state index contributed by atoms with van der Waals surface area (Å²) in [7, 11) is -2.28. The van der Waals surface area contributed by atoms with Gasteiger partial charge >= 0.3 is 6.18 Å². The molecule has 0 aliphatic carbocycles. The second-order valence-electron chi connectivity index (χ2n) is 8.48. The minimum absolute atomic E-state index is 0.127. The van der Waals surface area contributed by atoms with Crippen LogP contribution in [0.2, 0.25) is 0 Å². The SMILES string of the molecule is CCOc1cc(N=S2(=O)CCC2)cc2ncnc(Nc3ccc(F)cc3O[C@H](C)C(=O)NCC(F)(F)F)c12. The number of benzene rings is 2. The average Bonchev–Trinajstić information content (AvgIpc) is 2.82. The largest absolute Gasteiger partial charge is 0.493 e. The van der Waals surface area contributed by atoms with E-state index in [1.807, 2.05) is 0 Å². The molecule has 0 bridgehead atoms. The number of alkyl halides is 3. The average molecular weight is 556 g/mol. The van der Waals surface area contributed by atoms with Crippen molar-refractivity contribution in [1.29, 1.82) is 0 Å². The minimum atomic E-state index is -4.59. The van der Waals surface area contributed by atoms with Crippen LogP contribution in [0.5, 0.6) is 11.5 Å². The molecule has 1 saturated heterocycles. The number of nitrogens with zero attached hydrogens (tertiary/aromatic N) is 3. The number of carbonyl (C=O) groups excluding carboxylic acids is 1. The van der Waals surface area contributed by atoms with Crippen molar-refractivity contribution >= 4 is 43.7 Å². The lowest BCUT2D eigenvalue weighted by atomic mass is 10.2. The van der Waals surface area contributed by atoms with E-state index in [0.29, 0.717) is 40.5 Å². The van der Waals surface area contributed by atoms with Gasteiger partial charge in [0.05, 0.1) is 38.6 Å². The van der Waals surface area contributed by atoms with E-state index in [1.165, 1.54) is 19.3 Å². The van der Waals surface area contributed by atoms with Gasteiger partial charge in [-0.05, 0) is 38.5 Å². The molecule has 0 unspecified atom stereocenters. The van der Waals surface area contributed by atoms with E-state index in [4.69, 9.17) is 9.47 Å². The molecule has 0 spiro atoms. The van der Waals surface area contributed by atoms with Gasteiger partial charge in [0.25, 0.3) is 5.91 Å². The Bertz CT molecular complexity index is 1460. The summed E-state index contributed by atoms with van der Waals surface area (Å²) in [5.74, 6) is -0.145.